The first kappa shape index (κ1) is 21.4. The molecule has 30 heavy (non-hydrogen) atoms. The molecule has 3 aromatic rings. The van der Waals surface area contributed by atoms with Crippen LogP contribution in [0.25, 0.3) is 5.69 Å². The van der Waals surface area contributed by atoms with E-state index in [1.807, 2.05) is 42.5 Å². The number of carbonyl (C=O) groups excluding carboxylic acids is 1. The number of amides is 1. The Hall–Kier alpha value is -3.27. The van der Waals surface area contributed by atoms with Gasteiger partial charge in [0.2, 0.25) is 11.1 Å². The molecular weight excluding hydrogens is 406 g/mol. The van der Waals surface area contributed by atoms with Gasteiger partial charge in [-0.25, -0.2) is 0 Å². The fourth-order valence-electron chi connectivity index (χ4n) is 2.81. The molecule has 1 heterocycles. The van der Waals surface area contributed by atoms with Crippen LogP contribution in [0.2, 0.25) is 0 Å². The van der Waals surface area contributed by atoms with Crippen molar-refractivity contribution in [3.63, 3.8) is 0 Å². The van der Waals surface area contributed by atoms with Gasteiger partial charge in [0.15, 0.2) is 11.5 Å². The molecule has 0 saturated heterocycles. The third-order valence-electron chi connectivity index (χ3n) is 4.40. The molecule has 0 fully saturated rings. The van der Waals surface area contributed by atoms with E-state index >= 15 is 0 Å². The number of hydrogen-bond acceptors (Lipinski definition) is 8. The van der Waals surface area contributed by atoms with Crippen LogP contribution in [0.5, 0.6) is 17.2 Å². The fourth-order valence-corrected chi connectivity index (χ4v) is 3.64. The minimum Gasteiger partial charge on any atom is -0.497 e. The summed E-state index contributed by atoms with van der Waals surface area (Å²) in [7, 11) is 6.52. The molecular formula is C20H23N5O4S. The highest BCUT2D eigenvalue weighted by molar-refractivity contribution is 7.99. The number of hydrogen-bond donors (Lipinski definition) is 0. The van der Waals surface area contributed by atoms with Gasteiger partial charge in [-0.3, -0.25) is 4.79 Å². The standard InChI is InChI=1S/C20H23N5O4S/c1-24(12-14-6-5-7-17(28-3)19(14)29-4)18(26)13-30-20-21-22-23-25(20)15-8-10-16(27-2)11-9-15/h5-11H,12-13H2,1-4H3. The van der Waals surface area contributed by atoms with Crippen LogP contribution in [-0.2, 0) is 11.3 Å². The number of thioether (sulfide) groups is 1. The van der Waals surface area contributed by atoms with E-state index in [9.17, 15) is 4.79 Å². The van der Waals surface area contributed by atoms with Gasteiger partial charge in [-0.1, -0.05) is 23.9 Å². The monoisotopic (exact) mass is 429 g/mol. The second kappa shape index (κ2) is 9.97. The van der Waals surface area contributed by atoms with Crippen molar-refractivity contribution in [1.82, 2.24) is 25.1 Å². The van der Waals surface area contributed by atoms with Gasteiger partial charge in [0.25, 0.3) is 0 Å². The average Bonchev–Trinajstić information content (AvgIpc) is 3.25. The Kier molecular flexibility index (Phi) is 7.12. The number of rotatable bonds is 9. The molecule has 10 heteroatoms. The first-order chi connectivity index (χ1) is 14.6. The summed E-state index contributed by atoms with van der Waals surface area (Å²) in [5.41, 5.74) is 1.64. The molecule has 1 aromatic heterocycles. The maximum atomic E-state index is 12.7. The van der Waals surface area contributed by atoms with Crippen molar-refractivity contribution in [2.75, 3.05) is 34.1 Å². The molecule has 0 aliphatic carbocycles. The molecule has 0 saturated carbocycles. The van der Waals surface area contributed by atoms with Gasteiger partial charge in [0.05, 0.1) is 32.8 Å². The summed E-state index contributed by atoms with van der Waals surface area (Å²) in [6, 6.07) is 12.9. The zero-order valence-electron chi connectivity index (χ0n) is 17.2. The fraction of sp³-hybridized carbons (Fsp3) is 0.300. The lowest BCUT2D eigenvalue weighted by Gasteiger charge is -2.19. The van der Waals surface area contributed by atoms with Crippen LogP contribution in [0.15, 0.2) is 47.6 Å². The van der Waals surface area contributed by atoms with Crippen molar-refractivity contribution in [2.24, 2.45) is 0 Å². The maximum absolute atomic E-state index is 12.7. The van der Waals surface area contributed by atoms with E-state index in [2.05, 4.69) is 15.5 Å². The Morgan fingerprint density at radius 3 is 2.50 bits per heavy atom. The van der Waals surface area contributed by atoms with Gasteiger partial charge >= 0.3 is 0 Å². The summed E-state index contributed by atoms with van der Waals surface area (Å²) in [6.07, 6.45) is 0. The van der Waals surface area contributed by atoms with Crippen LogP contribution in [0.3, 0.4) is 0 Å². The van der Waals surface area contributed by atoms with E-state index in [1.165, 1.54) is 11.8 Å². The Morgan fingerprint density at radius 1 is 1.07 bits per heavy atom. The van der Waals surface area contributed by atoms with Gasteiger partial charge in [-0.05, 0) is 40.8 Å². The highest BCUT2D eigenvalue weighted by Crippen LogP contribution is 2.31. The van der Waals surface area contributed by atoms with E-state index in [0.717, 1.165) is 17.0 Å². The van der Waals surface area contributed by atoms with Crippen LogP contribution in [-0.4, -0.2) is 65.1 Å². The summed E-state index contributed by atoms with van der Waals surface area (Å²) in [5.74, 6) is 2.12. The number of nitrogens with zero attached hydrogens (tertiary/aromatic N) is 5. The van der Waals surface area contributed by atoms with Crippen LogP contribution in [0.4, 0.5) is 0 Å². The highest BCUT2D eigenvalue weighted by atomic mass is 32.2. The summed E-state index contributed by atoms with van der Waals surface area (Å²) < 4.78 is 17.5. The molecule has 3 rings (SSSR count). The molecule has 9 nitrogen and oxygen atoms in total. The second-order valence-electron chi connectivity index (χ2n) is 6.26. The van der Waals surface area contributed by atoms with E-state index in [0.29, 0.717) is 23.2 Å². The largest absolute Gasteiger partial charge is 0.497 e. The topological polar surface area (TPSA) is 91.6 Å². The first-order valence-corrected chi connectivity index (χ1v) is 10.0. The molecule has 0 aliphatic heterocycles. The number of ether oxygens (including phenoxy) is 3. The van der Waals surface area contributed by atoms with Gasteiger partial charge in [0.1, 0.15) is 5.75 Å². The molecule has 1 amide bonds. The lowest BCUT2D eigenvalue weighted by atomic mass is 10.1. The smallest absolute Gasteiger partial charge is 0.233 e. The van der Waals surface area contributed by atoms with Crippen LogP contribution in [0, 0.1) is 0 Å². The summed E-state index contributed by atoms with van der Waals surface area (Å²) >= 11 is 1.27. The van der Waals surface area contributed by atoms with Crippen molar-refractivity contribution in [2.45, 2.75) is 11.7 Å². The van der Waals surface area contributed by atoms with Crippen LogP contribution >= 0.6 is 11.8 Å². The number of benzene rings is 2. The molecule has 0 N–H and O–H groups in total. The number of carbonyl (C=O) groups is 1. The highest BCUT2D eigenvalue weighted by Gasteiger charge is 2.17. The maximum Gasteiger partial charge on any atom is 0.233 e. The number of aromatic nitrogens is 4. The van der Waals surface area contributed by atoms with Crippen molar-refractivity contribution in [1.29, 1.82) is 0 Å². The Bertz CT molecular complexity index is 993. The van der Waals surface area contributed by atoms with Gasteiger partial charge < -0.3 is 19.1 Å². The van der Waals surface area contributed by atoms with Crippen molar-refractivity contribution >= 4 is 17.7 Å². The number of tetrazole rings is 1. The van der Waals surface area contributed by atoms with E-state index in [4.69, 9.17) is 14.2 Å². The molecule has 0 atom stereocenters. The lowest BCUT2D eigenvalue weighted by Crippen LogP contribution is -2.28. The minimum atomic E-state index is -0.0610. The SMILES string of the molecule is COc1ccc(-n2nnnc2SCC(=O)N(C)Cc2cccc(OC)c2OC)cc1. The predicted octanol–water partition coefficient (Wildman–Crippen LogP) is 2.44. The normalized spacial score (nSPS) is 10.5. The third-order valence-corrected chi connectivity index (χ3v) is 5.30. The summed E-state index contributed by atoms with van der Waals surface area (Å²) in [6.45, 7) is 0.392. The van der Waals surface area contributed by atoms with Gasteiger partial charge in [-0.2, -0.15) is 4.68 Å². The quantitative estimate of drug-likeness (QED) is 0.479. The average molecular weight is 430 g/mol. The summed E-state index contributed by atoms with van der Waals surface area (Å²) in [5, 5.41) is 12.3. The minimum absolute atomic E-state index is 0.0610. The van der Waals surface area contributed by atoms with E-state index in [-0.39, 0.29) is 11.7 Å². The van der Waals surface area contributed by atoms with Gasteiger partial charge in [-0.15, -0.1) is 5.10 Å². The number of para-hydroxylation sites is 1. The van der Waals surface area contributed by atoms with Crippen LogP contribution in [0.1, 0.15) is 5.56 Å². The first-order valence-electron chi connectivity index (χ1n) is 9.06. The molecule has 0 unspecified atom stereocenters. The zero-order chi connectivity index (χ0) is 21.5. The Morgan fingerprint density at radius 2 is 1.83 bits per heavy atom. The molecule has 0 radical (unpaired) electrons. The molecule has 0 aliphatic rings. The zero-order valence-corrected chi connectivity index (χ0v) is 18.0. The third kappa shape index (κ3) is 4.82. The van der Waals surface area contributed by atoms with E-state index < -0.39 is 0 Å². The molecule has 0 bridgehead atoms. The van der Waals surface area contributed by atoms with Crippen molar-refractivity contribution in [3.8, 4) is 22.9 Å². The molecule has 0 spiro atoms. The van der Waals surface area contributed by atoms with Crippen LogP contribution < -0.4 is 14.2 Å². The van der Waals surface area contributed by atoms with E-state index in [1.54, 1.807) is 38.0 Å². The Balaban J connectivity index is 1.64. The number of methoxy groups -OCH3 is 3. The molecule has 2 aromatic carbocycles. The molecule has 158 valence electrons. The van der Waals surface area contributed by atoms with Crippen molar-refractivity contribution in [3.05, 3.63) is 48.0 Å². The summed E-state index contributed by atoms with van der Waals surface area (Å²) in [4.78, 5) is 14.3. The van der Waals surface area contributed by atoms with Crippen molar-refractivity contribution < 1.29 is 19.0 Å². The predicted molar refractivity (Wildman–Crippen MR) is 112 cm³/mol. The van der Waals surface area contributed by atoms with Gasteiger partial charge in [0, 0.05) is 19.2 Å². The Labute approximate surface area is 178 Å². The lowest BCUT2D eigenvalue weighted by molar-refractivity contribution is -0.127. The second-order valence-corrected chi connectivity index (χ2v) is 7.20.